The van der Waals surface area contributed by atoms with E-state index < -0.39 is 0 Å². The van der Waals surface area contributed by atoms with E-state index in [-0.39, 0.29) is 11.9 Å². The van der Waals surface area contributed by atoms with Crippen LogP contribution >= 0.6 is 0 Å². The number of hydrogen-bond donors (Lipinski definition) is 1. The Morgan fingerprint density at radius 1 is 1.09 bits per heavy atom. The van der Waals surface area contributed by atoms with Crippen LogP contribution in [0.2, 0.25) is 0 Å². The molecule has 0 spiro atoms. The van der Waals surface area contributed by atoms with Crippen molar-refractivity contribution in [3.63, 3.8) is 0 Å². The summed E-state index contributed by atoms with van der Waals surface area (Å²) in [6, 6.07) is 23.6. The quantitative estimate of drug-likeness (QED) is 0.358. The number of anilines is 1. The summed E-state index contributed by atoms with van der Waals surface area (Å²) in [5, 5.41) is 0. The van der Waals surface area contributed by atoms with Gasteiger partial charge in [0.15, 0.2) is 0 Å². The molecule has 1 heterocycles. The van der Waals surface area contributed by atoms with Crippen LogP contribution in [-0.4, -0.2) is 6.54 Å². The smallest absolute Gasteiger partial charge is 0.123 e. The monoisotopic (exact) mass is 454 g/mol. The second-order valence-electron chi connectivity index (χ2n) is 8.45. The van der Waals surface area contributed by atoms with E-state index in [9.17, 15) is 4.39 Å². The lowest BCUT2D eigenvalue weighted by Gasteiger charge is -2.39. The van der Waals surface area contributed by atoms with E-state index in [2.05, 4.69) is 47.9 Å². The molecular weight excluding hydrogens is 423 g/mol. The molecule has 0 aromatic heterocycles. The van der Waals surface area contributed by atoms with Crippen LogP contribution in [0.4, 0.5) is 10.1 Å². The van der Waals surface area contributed by atoms with Gasteiger partial charge in [0.25, 0.3) is 0 Å². The molecule has 3 aromatic carbocycles. The highest BCUT2D eigenvalue weighted by molar-refractivity contribution is 5.53. The van der Waals surface area contributed by atoms with E-state index in [4.69, 9.17) is 10.5 Å². The number of ether oxygens (including phenoxy) is 1. The van der Waals surface area contributed by atoms with Gasteiger partial charge in [0.2, 0.25) is 0 Å². The summed E-state index contributed by atoms with van der Waals surface area (Å²) < 4.78 is 19.6. The molecule has 174 valence electrons. The first-order chi connectivity index (χ1) is 16.6. The standard InChI is InChI=1S/C30H31FN2O/c1-2-8-26(32)11-6-7-12-30-29-18-17-28(34-22-23-9-4-3-5-10-23)21-24(29)19-20-33(30)27-15-13-25(31)14-16-27/h2-6,8-11,13-18,21,30H,1,7,12,19-20,22,32H2/b11-6-,26-8+. The molecule has 0 bridgehead atoms. The Labute approximate surface area is 201 Å². The van der Waals surface area contributed by atoms with Crippen molar-refractivity contribution >= 4 is 5.69 Å². The maximum Gasteiger partial charge on any atom is 0.123 e. The Morgan fingerprint density at radius 2 is 1.88 bits per heavy atom. The van der Waals surface area contributed by atoms with E-state index in [1.165, 1.54) is 23.3 Å². The average molecular weight is 455 g/mol. The normalized spacial score (nSPS) is 15.9. The van der Waals surface area contributed by atoms with Gasteiger partial charge in [-0.2, -0.15) is 0 Å². The second kappa shape index (κ2) is 11.4. The zero-order valence-corrected chi connectivity index (χ0v) is 19.4. The van der Waals surface area contributed by atoms with Crippen LogP contribution in [0.3, 0.4) is 0 Å². The summed E-state index contributed by atoms with van der Waals surface area (Å²) >= 11 is 0. The van der Waals surface area contributed by atoms with Crippen LogP contribution < -0.4 is 15.4 Å². The summed E-state index contributed by atoms with van der Waals surface area (Å²) in [4.78, 5) is 2.38. The Kier molecular flexibility index (Phi) is 7.82. The van der Waals surface area contributed by atoms with Crippen molar-refractivity contribution in [3.05, 3.63) is 132 Å². The molecule has 1 aliphatic rings. The lowest BCUT2D eigenvalue weighted by atomic mass is 9.89. The van der Waals surface area contributed by atoms with E-state index in [1.54, 1.807) is 12.2 Å². The number of halogens is 1. The SMILES string of the molecule is C=C/C=C(N)\C=C/CCC1c2ccc(OCc3ccccc3)cc2CCN1c1ccc(F)cc1. The number of hydrogen-bond acceptors (Lipinski definition) is 3. The highest BCUT2D eigenvalue weighted by Crippen LogP contribution is 2.38. The van der Waals surface area contributed by atoms with Crippen molar-refractivity contribution in [2.45, 2.75) is 31.9 Å². The molecule has 0 fully saturated rings. The Bertz CT molecular complexity index is 1150. The number of allylic oxidation sites excluding steroid dienone is 4. The summed E-state index contributed by atoms with van der Waals surface area (Å²) in [6.07, 6.45) is 10.2. The first kappa shape index (κ1) is 23.4. The maximum atomic E-state index is 13.6. The number of fused-ring (bicyclic) bond motifs is 1. The van der Waals surface area contributed by atoms with Gasteiger partial charge in [-0.25, -0.2) is 4.39 Å². The van der Waals surface area contributed by atoms with Crippen LogP contribution in [0.25, 0.3) is 0 Å². The zero-order valence-electron chi connectivity index (χ0n) is 19.4. The molecule has 1 aliphatic heterocycles. The van der Waals surface area contributed by atoms with Gasteiger partial charge in [0, 0.05) is 17.9 Å². The lowest BCUT2D eigenvalue weighted by molar-refractivity contribution is 0.305. The third-order valence-corrected chi connectivity index (χ3v) is 6.11. The Hall–Kier alpha value is -3.79. The van der Waals surface area contributed by atoms with Crippen LogP contribution in [0.15, 0.2) is 109 Å². The van der Waals surface area contributed by atoms with Crippen molar-refractivity contribution in [2.24, 2.45) is 5.73 Å². The molecule has 4 rings (SSSR count). The molecule has 0 radical (unpaired) electrons. The predicted molar refractivity (Wildman–Crippen MR) is 138 cm³/mol. The summed E-state index contributed by atoms with van der Waals surface area (Å²) in [5.41, 5.74) is 11.4. The number of nitrogens with two attached hydrogens (primary N) is 1. The minimum absolute atomic E-state index is 0.187. The summed E-state index contributed by atoms with van der Waals surface area (Å²) in [7, 11) is 0. The maximum absolute atomic E-state index is 13.6. The molecule has 4 heteroatoms. The topological polar surface area (TPSA) is 38.5 Å². The average Bonchev–Trinajstić information content (AvgIpc) is 2.86. The summed E-state index contributed by atoms with van der Waals surface area (Å²) in [6.45, 7) is 5.10. The van der Waals surface area contributed by atoms with Crippen LogP contribution in [-0.2, 0) is 13.0 Å². The van der Waals surface area contributed by atoms with Crippen molar-refractivity contribution in [2.75, 3.05) is 11.4 Å². The Balaban J connectivity index is 1.54. The van der Waals surface area contributed by atoms with Crippen LogP contribution in [0.1, 0.15) is 35.6 Å². The third kappa shape index (κ3) is 5.96. The van der Waals surface area contributed by atoms with Gasteiger partial charge in [0.05, 0.1) is 6.04 Å². The third-order valence-electron chi connectivity index (χ3n) is 6.11. The molecule has 0 saturated heterocycles. The van der Waals surface area contributed by atoms with Gasteiger partial charge in [-0.3, -0.25) is 0 Å². The van der Waals surface area contributed by atoms with Crippen LogP contribution in [0.5, 0.6) is 5.75 Å². The molecule has 1 unspecified atom stereocenters. The number of rotatable bonds is 9. The fourth-order valence-electron chi connectivity index (χ4n) is 4.44. The number of nitrogens with zero attached hydrogens (tertiary/aromatic N) is 1. The fraction of sp³-hybridized carbons (Fsp3) is 0.200. The molecule has 34 heavy (non-hydrogen) atoms. The largest absolute Gasteiger partial charge is 0.489 e. The van der Waals surface area contributed by atoms with Gasteiger partial charge >= 0.3 is 0 Å². The van der Waals surface area contributed by atoms with Crippen molar-refractivity contribution in [1.82, 2.24) is 0 Å². The molecular formula is C30H31FN2O. The van der Waals surface area contributed by atoms with Gasteiger partial charge in [0.1, 0.15) is 18.2 Å². The van der Waals surface area contributed by atoms with Gasteiger partial charge < -0.3 is 15.4 Å². The highest BCUT2D eigenvalue weighted by Gasteiger charge is 2.27. The second-order valence-corrected chi connectivity index (χ2v) is 8.45. The molecule has 3 aromatic rings. The molecule has 3 nitrogen and oxygen atoms in total. The molecule has 2 N–H and O–H groups in total. The van der Waals surface area contributed by atoms with E-state index >= 15 is 0 Å². The van der Waals surface area contributed by atoms with E-state index in [0.717, 1.165) is 42.8 Å². The molecule has 0 saturated carbocycles. The van der Waals surface area contributed by atoms with Crippen molar-refractivity contribution < 1.29 is 9.13 Å². The van der Waals surface area contributed by atoms with Crippen molar-refractivity contribution in [1.29, 1.82) is 0 Å². The lowest BCUT2D eigenvalue weighted by Crippen LogP contribution is -2.35. The zero-order chi connectivity index (χ0) is 23.8. The summed E-state index contributed by atoms with van der Waals surface area (Å²) in [5.74, 6) is 0.671. The van der Waals surface area contributed by atoms with Gasteiger partial charge in [-0.1, -0.05) is 55.1 Å². The van der Waals surface area contributed by atoms with Gasteiger partial charge in [-0.05, 0) is 84.5 Å². The van der Waals surface area contributed by atoms with E-state index in [0.29, 0.717) is 12.3 Å². The Morgan fingerprint density at radius 3 is 2.65 bits per heavy atom. The van der Waals surface area contributed by atoms with E-state index in [1.807, 2.05) is 36.4 Å². The first-order valence-electron chi connectivity index (χ1n) is 11.7. The molecule has 0 amide bonds. The fourth-order valence-corrected chi connectivity index (χ4v) is 4.44. The molecule has 1 atom stereocenters. The minimum atomic E-state index is -0.217. The molecule has 0 aliphatic carbocycles. The van der Waals surface area contributed by atoms with Gasteiger partial charge in [-0.15, -0.1) is 0 Å². The van der Waals surface area contributed by atoms with Crippen LogP contribution in [0, 0.1) is 5.82 Å². The predicted octanol–water partition coefficient (Wildman–Crippen LogP) is 6.87. The number of benzene rings is 3. The first-order valence-corrected chi connectivity index (χ1v) is 11.7. The highest BCUT2D eigenvalue weighted by atomic mass is 19.1. The minimum Gasteiger partial charge on any atom is -0.489 e. The van der Waals surface area contributed by atoms with Crippen molar-refractivity contribution in [3.8, 4) is 5.75 Å².